The van der Waals surface area contributed by atoms with E-state index in [0.717, 1.165) is 11.6 Å². The number of methoxy groups -OCH3 is 1. The van der Waals surface area contributed by atoms with Crippen LogP contribution in [0.25, 0.3) is 0 Å². The van der Waals surface area contributed by atoms with Crippen LogP contribution in [-0.2, 0) is 17.6 Å². The molecule has 0 saturated heterocycles. The number of aromatic hydroxyl groups is 1. The van der Waals surface area contributed by atoms with Crippen LogP contribution >= 0.6 is 0 Å². The molecule has 1 amide bonds. The van der Waals surface area contributed by atoms with Gasteiger partial charge < -0.3 is 15.2 Å². The molecule has 0 atom stereocenters. The minimum atomic E-state index is -0.411. The largest absolute Gasteiger partial charge is 0.504 e. The van der Waals surface area contributed by atoms with Crippen molar-refractivity contribution in [2.45, 2.75) is 26.7 Å². The molecule has 106 valence electrons. The standard InChI is InChI=1S/C15H18N2O3/c1-5-9-10(6-2)14(19)15(20-4)11(8-16)13(9)17-12(18)7-3/h7,19H,3,5-6H2,1-2,4H3,(H,17,18). The summed E-state index contributed by atoms with van der Waals surface area (Å²) in [5.41, 5.74) is 1.90. The van der Waals surface area contributed by atoms with E-state index in [1.54, 1.807) is 0 Å². The molecule has 0 saturated carbocycles. The normalized spacial score (nSPS) is 9.70. The number of nitriles is 1. The van der Waals surface area contributed by atoms with Crippen LogP contribution in [0.4, 0.5) is 5.69 Å². The number of hydrogen-bond donors (Lipinski definition) is 2. The topological polar surface area (TPSA) is 82.4 Å². The van der Waals surface area contributed by atoms with E-state index < -0.39 is 5.91 Å². The maximum absolute atomic E-state index is 11.6. The van der Waals surface area contributed by atoms with E-state index in [4.69, 9.17) is 4.74 Å². The summed E-state index contributed by atoms with van der Waals surface area (Å²) in [6, 6.07) is 1.98. The number of nitrogens with zero attached hydrogens (tertiary/aromatic N) is 1. The van der Waals surface area contributed by atoms with Crippen LogP contribution < -0.4 is 10.1 Å². The number of ether oxygens (including phenoxy) is 1. The zero-order valence-electron chi connectivity index (χ0n) is 11.9. The van der Waals surface area contributed by atoms with Gasteiger partial charge in [0.1, 0.15) is 11.6 Å². The van der Waals surface area contributed by atoms with Gasteiger partial charge in [0.2, 0.25) is 5.91 Å². The Hall–Kier alpha value is -2.48. The molecule has 0 aliphatic rings. The van der Waals surface area contributed by atoms with E-state index in [2.05, 4.69) is 11.9 Å². The predicted octanol–water partition coefficient (Wildman–Crippen LogP) is 2.52. The molecule has 5 heteroatoms. The van der Waals surface area contributed by atoms with Crippen molar-refractivity contribution in [1.82, 2.24) is 0 Å². The molecule has 1 aromatic rings. The molecule has 0 aliphatic heterocycles. The number of benzene rings is 1. The number of amides is 1. The van der Waals surface area contributed by atoms with Gasteiger partial charge in [-0.15, -0.1) is 0 Å². The highest BCUT2D eigenvalue weighted by atomic mass is 16.5. The van der Waals surface area contributed by atoms with Crippen LogP contribution in [0.15, 0.2) is 12.7 Å². The quantitative estimate of drug-likeness (QED) is 0.638. The first-order valence-corrected chi connectivity index (χ1v) is 6.33. The van der Waals surface area contributed by atoms with Crippen molar-refractivity contribution in [2.24, 2.45) is 0 Å². The second-order valence-corrected chi connectivity index (χ2v) is 4.10. The second kappa shape index (κ2) is 6.62. The Labute approximate surface area is 118 Å². The molecule has 1 rings (SSSR count). The number of hydrogen-bond acceptors (Lipinski definition) is 4. The van der Waals surface area contributed by atoms with Gasteiger partial charge in [0.15, 0.2) is 11.5 Å². The average molecular weight is 274 g/mol. The summed E-state index contributed by atoms with van der Waals surface area (Å²) >= 11 is 0. The first-order valence-electron chi connectivity index (χ1n) is 6.33. The maximum Gasteiger partial charge on any atom is 0.247 e. The number of anilines is 1. The van der Waals surface area contributed by atoms with Gasteiger partial charge in [-0.3, -0.25) is 4.79 Å². The molecular formula is C15H18N2O3. The van der Waals surface area contributed by atoms with Crippen LogP contribution in [0.5, 0.6) is 11.5 Å². The highest BCUT2D eigenvalue weighted by molar-refractivity contribution is 6.01. The zero-order valence-corrected chi connectivity index (χ0v) is 11.9. The van der Waals surface area contributed by atoms with E-state index in [9.17, 15) is 15.2 Å². The fourth-order valence-corrected chi connectivity index (χ4v) is 2.20. The van der Waals surface area contributed by atoms with E-state index in [0.29, 0.717) is 24.1 Å². The smallest absolute Gasteiger partial charge is 0.247 e. The second-order valence-electron chi connectivity index (χ2n) is 4.10. The fourth-order valence-electron chi connectivity index (χ4n) is 2.20. The van der Waals surface area contributed by atoms with Crippen molar-refractivity contribution in [2.75, 3.05) is 12.4 Å². The summed E-state index contributed by atoms with van der Waals surface area (Å²) in [5, 5.41) is 22.2. The Balaban J connectivity index is 3.72. The molecule has 1 aromatic carbocycles. The average Bonchev–Trinajstić information content (AvgIpc) is 2.47. The molecule has 0 aliphatic carbocycles. The molecule has 0 bridgehead atoms. The number of phenols is 1. The highest BCUT2D eigenvalue weighted by Crippen LogP contribution is 2.42. The van der Waals surface area contributed by atoms with E-state index >= 15 is 0 Å². The van der Waals surface area contributed by atoms with Gasteiger partial charge >= 0.3 is 0 Å². The molecule has 0 fully saturated rings. The SMILES string of the molecule is C=CC(=O)Nc1c(C#N)c(OC)c(O)c(CC)c1CC. The van der Waals surface area contributed by atoms with Gasteiger partial charge in [-0.1, -0.05) is 20.4 Å². The lowest BCUT2D eigenvalue weighted by atomic mass is 9.95. The summed E-state index contributed by atoms with van der Waals surface area (Å²) in [6.45, 7) is 7.18. The van der Waals surface area contributed by atoms with Crippen molar-refractivity contribution < 1.29 is 14.6 Å². The summed E-state index contributed by atoms with van der Waals surface area (Å²) in [4.78, 5) is 11.6. The molecule has 0 unspecified atom stereocenters. The minimum Gasteiger partial charge on any atom is -0.504 e. The lowest BCUT2D eigenvalue weighted by Crippen LogP contribution is -2.13. The van der Waals surface area contributed by atoms with Gasteiger partial charge in [0.05, 0.1) is 12.8 Å². The number of rotatable bonds is 5. The van der Waals surface area contributed by atoms with E-state index in [-0.39, 0.29) is 17.1 Å². The van der Waals surface area contributed by atoms with Crippen LogP contribution in [-0.4, -0.2) is 18.1 Å². The first-order chi connectivity index (χ1) is 9.55. The number of carbonyl (C=O) groups excluding carboxylic acids is 1. The van der Waals surface area contributed by atoms with Crippen LogP contribution in [0.3, 0.4) is 0 Å². The minimum absolute atomic E-state index is 0.0417. The molecule has 0 spiro atoms. The van der Waals surface area contributed by atoms with Gasteiger partial charge in [-0.25, -0.2) is 0 Å². The Morgan fingerprint density at radius 3 is 2.45 bits per heavy atom. The summed E-state index contributed by atoms with van der Waals surface area (Å²) in [7, 11) is 1.38. The zero-order chi connectivity index (χ0) is 15.3. The Kier molecular flexibility index (Phi) is 5.15. The lowest BCUT2D eigenvalue weighted by molar-refractivity contribution is -0.111. The maximum atomic E-state index is 11.6. The molecule has 0 aromatic heterocycles. The predicted molar refractivity (Wildman–Crippen MR) is 77.0 cm³/mol. The number of phenolic OH excluding ortho intramolecular Hbond substituents is 1. The molecule has 0 heterocycles. The number of carbonyl (C=O) groups is 1. The van der Waals surface area contributed by atoms with Crippen molar-refractivity contribution in [1.29, 1.82) is 5.26 Å². The third-order valence-corrected chi connectivity index (χ3v) is 3.10. The fraction of sp³-hybridized carbons (Fsp3) is 0.333. The molecule has 2 N–H and O–H groups in total. The summed E-state index contributed by atoms with van der Waals surface area (Å²) in [6.07, 6.45) is 2.27. The summed E-state index contributed by atoms with van der Waals surface area (Å²) in [5.74, 6) is -0.369. The van der Waals surface area contributed by atoms with Crippen molar-refractivity contribution >= 4 is 11.6 Å². The highest BCUT2D eigenvalue weighted by Gasteiger charge is 2.23. The number of nitrogens with one attached hydrogen (secondary N) is 1. The molecule has 20 heavy (non-hydrogen) atoms. The van der Waals surface area contributed by atoms with Gasteiger partial charge in [-0.05, 0) is 24.5 Å². The molecular weight excluding hydrogens is 256 g/mol. The lowest BCUT2D eigenvalue weighted by Gasteiger charge is -2.19. The first kappa shape index (κ1) is 15.6. The summed E-state index contributed by atoms with van der Waals surface area (Å²) < 4.78 is 5.12. The van der Waals surface area contributed by atoms with Gasteiger partial charge in [0.25, 0.3) is 0 Å². The monoisotopic (exact) mass is 274 g/mol. The Morgan fingerprint density at radius 1 is 1.45 bits per heavy atom. The van der Waals surface area contributed by atoms with Crippen molar-refractivity contribution in [3.05, 3.63) is 29.3 Å². The third-order valence-electron chi connectivity index (χ3n) is 3.10. The van der Waals surface area contributed by atoms with Crippen molar-refractivity contribution in [3.8, 4) is 17.6 Å². The molecule has 0 radical (unpaired) electrons. The van der Waals surface area contributed by atoms with Crippen LogP contribution in [0, 0.1) is 11.3 Å². The van der Waals surface area contributed by atoms with E-state index in [1.807, 2.05) is 19.9 Å². The van der Waals surface area contributed by atoms with Gasteiger partial charge in [-0.2, -0.15) is 5.26 Å². The molecule has 5 nitrogen and oxygen atoms in total. The van der Waals surface area contributed by atoms with Crippen LogP contribution in [0.1, 0.15) is 30.5 Å². The third kappa shape index (κ3) is 2.59. The van der Waals surface area contributed by atoms with E-state index in [1.165, 1.54) is 7.11 Å². The van der Waals surface area contributed by atoms with Crippen molar-refractivity contribution in [3.63, 3.8) is 0 Å². The Bertz CT molecular complexity index is 586. The van der Waals surface area contributed by atoms with Crippen LogP contribution in [0.2, 0.25) is 0 Å². The Morgan fingerprint density at radius 2 is 2.05 bits per heavy atom. The van der Waals surface area contributed by atoms with Gasteiger partial charge in [0, 0.05) is 5.56 Å².